The van der Waals surface area contributed by atoms with Crippen LogP contribution in [0.1, 0.15) is 26.0 Å². The summed E-state index contributed by atoms with van der Waals surface area (Å²) in [5.41, 5.74) is 2.43. The van der Waals surface area contributed by atoms with Crippen LogP contribution in [0.3, 0.4) is 0 Å². The summed E-state index contributed by atoms with van der Waals surface area (Å²) in [7, 11) is 1.69. The van der Waals surface area contributed by atoms with Gasteiger partial charge in [-0.2, -0.15) is 0 Å². The van der Waals surface area contributed by atoms with Gasteiger partial charge in [0.05, 0.1) is 22.6 Å². The lowest BCUT2D eigenvalue weighted by Crippen LogP contribution is -1.95. The van der Waals surface area contributed by atoms with Crippen molar-refractivity contribution in [3.05, 3.63) is 45.4 Å². The molecule has 0 bridgehead atoms. The van der Waals surface area contributed by atoms with Crippen molar-refractivity contribution < 1.29 is 4.74 Å². The molecule has 0 aliphatic carbocycles. The highest BCUT2D eigenvalue weighted by Crippen LogP contribution is 2.33. The first-order valence-corrected chi connectivity index (χ1v) is 7.54. The van der Waals surface area contributed by atoms with Gasteiger partial charge in [0.15, 0.2) is 0 Å². The van der Waals surface area contributed by atoms with E-state index in [1.807, 2.05) is 19.1 Å². The van der Waals surface area contributed by atoms with E-state index in [4.69, 9.17) is 4.74 Å². The minimum atomic E-state index is 0.331. The summed E-state index contributed by atoms with van der Waals surface area (Å²) in [5.74, 6) is 0.898. The zero-order valence-corrected chi connectivity index (χ0v) is 13.1. The van der Waals surface area contributed by atoms with Crippen LogP contribution in [0.15, 0.2) is 24.3 Å². The Morgan fingerprint density at radius 3 is 2.44 bits per heavy atom. The minimum absolute atomic E-state index is 0.331. The highest BCUT2D eigenvalue weighted by atomic mass is 79.9. The summed E-state index contributed by atoms with van der Waals surface area (Å²) >= 11 is 5.53. The molecule has 1 unspecified atom stereocenters. The predicted octanol–water partition coefficient (Wildman–Crippen LogP) is 4.45. The van der Waals surface area contributed by atoms with Crippen molar-refractivity contribution in [3.63, 3.8) is 0 Å². The van der Waals surface area contributed by atoms with E-state index in [-0.39, 0.29) is 0 Å². The van der Waals surface area contributed by atoms with Crippen LogP contribution in [0.4, 0.5) is 0 Å². The van der Waals surface area contributed by atoms with E-state index in [0.29, 0.717) is 4.83 Å². The van der Waals surface area contributed by atoms with E-state index in [1.165, 1.54) is 10.4 Å². The Kier molecular flexibility index (Phi) is 4.40. The third kappa shape index (κ3) is 3.12. The fraction of sp³-hybridized carbons (Fsp3) is 0.357. The number of methoxy groups -OCH3 is 1. The highest BCUT2D eigenvalue weighted by molar-refractivity contribution is 9.09. The molecular weight excluding hydrogens is 310 g/mol. The zero-order valence-electron chi connectivity index (χ0n) is 10.7. The second-order valence-corrected chi connectivity index (χ2v) is 6.54. The fourth-order valence-corrected chi connectivity index (χ4v) is 3.79. The van der Waals surface area contributed by atoms with E-state index in [9.17, 15) is 0 Å². The van der Waals surface area contributed by atoms with Crippen LogP contribution >= 0.6 is 27.3 Å². The summed E-state index contributed by atoms with van der Waals surface area (Å²) in [6, 6.07) is 8.21. The van der Waals surface area contributed by atoms with Crippen LogP contribution in [0.5, 0.6) is 5.75 Å². The molecule has 4 heteroatoms. The van der Waals surface area contributed by atoms with Gasteiger partial charge in [-0.3, -0.25) is 0 Å². The van der Waals surface area contributed by atoms with Gasteiger partial charge in [-0.05, 0) is 38.0 Å². The molecule has 0 amide bonds. The van der Waals surface area contributed by atoms with Gasteiger partial charge in [0, 0.05) is 4.88 Å². The largest absolute Gasteiger partial charge is 0.497 e. The Labute approximate surface area is 120 Å². The molecule has 0 aliphatic rings. The van der Waals surface area contributed by atoms with Crippen molar-refractivity contribution in [2.45, 2.75) is 25.1 Å². The first-order chi connectivity index (χ1) is 8.60. The Morgan fingerprint density at radius 1 is 1.28 bits per heavy atom. The molecule has 0 radical (unpaired) electrons. The van der Waals surface area contributed by atoms with Gasteiger partial charge in [0.2, 0.25) is 0 Å². The van der Waals surface area contributed by atoms with E-state index in [2.05, 4.69) is 40.0 Å². The van der Waals surface area contributed by atoms with Crippen LogP contribution in [-0.4, -0.2) is 12.1 Å². The van der Waals surface area contributed by atoms with Crippen LogP contribution < -0.4 is 4.74 Å². The Morgan fingerprint density at radius 2 is 1.94 bits per heavy atom. The molecule has 1 aromatic carbocycles. The summed E-state index contributed by atoms with van der Waals surface area (Å²) in [4.78, 5) is 6.12. The average Bonchev–Trinajstić information content (AvgIpc) is 2.69. The molecular formula is C14H16BrNOS. The van der Waals surface area contributed by atoms with E-state index >= 15 is 0 Å². The van der Waals surface area contributed by atoms with Crippen LogP contribution in [-0.2, 0) is 6.42 Å². The molecule has 1 heterocycles. The summed E-state index contributed by atoms with van der Waals surface area (Å²) in [6.07, 6.45) is 0.965. The fourth-order valence-electron chi connectivity index (χ4n) is 1.90. The highest BCUT2D eigenvalue weighted by Gasteiger charge is 2.15. The molecule has 18 heavy (non-hydrogen) atoms. The standard InChI is InChI=1S/C14H16BrNOS/c1-9-14(18-10(2)16-9)13(15)8-11-4-6-12(17-3)7-5-11/h4-7,13H,8H2,1-3H3. The van der Waals surface area contributed by atoms with Crippen molar-refractivity contribution in [1.29, 1.82) is 0 Å². The number of benzene rings is 1. The number of halogens is 1. The van der Waals surface area contributed by atoms with E-state index in [0.717, 1.165) is 22.9 Å². The van der Waals surface area contributed by atoms with Crippen molar-refractivity contribution in [1.82, 2.24) is 4.98 Å². The second-order valence-electron chi connectivity index (χ2n) is 4.20. The number of aromatic nitrogens is 1. The molecule has 0 saturated heterocycles. The van der Waals surface area contributed by atoms with Crippen LogP contribution in [0.2, 0.25) is 0 Å². The second kappa shape index (κ2) is 5.85. The van der Waals surface area contributed by atoms with Gasteiger partial charge in [0.25, 0.3) is 0 Å². The molecule has 96 valence electrons. The lowest BCUT2D eigenvalue weighted by Gasteiger charge is -2.09. The number of alkyl halides is 1. The summed E-state index contributed by atoms with van der Waals surface area (Å²) < 4.78 is 5.16. The van der Waals surface area contributed by atoms with Crippen LogP contribution in [0, 0.1) is 13.8 Å². The number of nitrogens with zero attached hydrogens (tertiary/aromatic N) is 1. The van der Waals surface area contributed by atoms with Gasteiger partial charge in [0.1, 0.15) is 5.75 Å². The quantitative estimate of drug-likeness (QED) is 0.775. The number of hydrogen-bond donors (Lipinski definition) is 0. The minimum Gasteiger partial charge on any atom is -0.497 e. The van der Waals surface area contributed by atoms with Crippen molar-refractivity contribution >= 4 is 27.3 Å². The number of rotatable bonds is 4. The number of hydrogen-bond acceptors (Lipinski definition) is 3. The predicted molar refractivity (Wildman–Crippen MR) is 80.0 cm³/mol. The average molecular weight is 326 g/mol. The van der Waals surface area contributed by atoms with Crippen molar-refractivity contribution in [2.75, 3.05) is 7.11 Å². The SMILES string of the molecule is COc1ccc(CC(Br)c2sc(C)nc2C)cc1. The normalized spacial score (nSPS) is 12.4. The third-order valence-corrected chi connectivity index (χ3v) is 5.07. The molecule has 0 saturated carbocycles. The van der Waals surface area contributed by atoms with Gasteiger partial charge in [-0.25, -0.2) is 4.98 Å². The van der Waals surface area contributed by atoms with Crippen molar-refractivity contribution in [2.24, 2.45) is 0 Å². The molecule has 2 rings (SSSR count). The molecule has 0 N–H and O–H groups in total. The first-order valence-electron chi connectivity index (χ1n) is 5.81. The summed E-state index contributed by atoms with van der Waals surface area (Å²) in [5, 5.41) is 1.13. The van der Waals surface area contributed by atoms with Gasteiger partial charge in [-0.15, -0.1) is 11.3 Å². The smallest absolute Gasteiger partial charge is 0.118 e. The Bertz CT molecular complexity index is 521. The maximum Gasteiger partial charge on any atom is 0.118 e. The van der Waals surface area contributed by atoms with E-state index in [1.54, 1.807) is 18.4 Å². The molecule has 2 aromatic rings. The Balaban J connectivity index is 2.10. The monoisotopic (exact) mass is 325 g/mol. The maximum absolute atomic E-state index is 5.16. The topological polar surface area (TPSA) is 22.1 Å². The third-order valence-electron chi connectivity index (χ3n) is 2.80. The molecule has 1 atom stereocenters. The summed E-state index contributed by atoms with van der Waals surface area (Å²) in [6.45, 7) is 4.12. The molecule has 2 nitrogen and oxygen atoms in total. The maximum atomic E-state index is 5.16. The number of ether oxygens (including phenoxy) is 1. The van der Waals surface area contributed by atoms with Gasteiger partial charge in [-0.1, -0.05) is 28.1 Å². The lowest BCUT2D eigenvalue weighted by atomic mass is 10.1. The Hall–Kier alpha value is -0.870. The van der Waals surface area contributed by atoms with Gasteiger partial charge >= 0.3 is 0 Å². The first kappa shape index (κ1) is 13.6. The number of thiazole rings is 1. The van der Waals surface area contributed by atoms with Crippen molar-refractivity contribution in [3.8, 4) is 5.75 Å². The number of aryl methyl sites for hydroxylation is 2. The molecule has 1 aromatic heterocycles. The molecule has 0 fully saturated rings. The van der Waals surface area contributed by atoms with Crippen LogP contribution in [0.25, 0.3) is 0 Å². The zero-order chi connectivity index (χ0) is 13.1. The van der Waals surface area contributed by atoms with Gasteiger partial charge < -0.3 is 4.74 Å². The molecule has 0 spiro atoms. The lowest BCUT2D eigenvalue weighted by molar-refractivity contribution is 0.414. The molecule has 0 aliphatic heterocycles. The van der Waals surface area contributed by atoms with E-state index < -0.39 is 0 Å².